The lowest BCUT2D eigenvalue weighted by molar-refractivity contribution is -0.141. The summed E-state index contributed by atoms with van der Waals surface area (Å²) in [5.74, 6) is 0.225. The van der Waals surface area contributed by atoms with Gasteiger partial charge in [0.25, 0.3) is 5.88 Å². The number of hydrogen-bond donors (Lipinski definition) is 2. The summed E-state index contributed by atoms with van der Waals surface area (Å²) in [6.45, 7) is -0.117. The molecule has 0 atom stereocenters. The van der Waals surface area contributed by atoms with Crippen LogP contribution in [-0.2, 0) is 26.8 Å². The number of carbonyl (C=O) groups excluding carboxylic acids is 1. The van der Waals surface area contributed by atoms with Crippen molar-refractivity contribution < 1.29 is 22.7 Å². The number of alkyl halides is 3. The Hall–Kier alpha value is -2.72. The molecule has 0 aliphatic carbocycles. The summed E-state index contributed by atoms with van der Waals surface area (Å²) in [6, 6.07) is 0.274. The van der Waals surface area contributed by atoms with Crippen molar-refractivity contribution in [2.75, 3.05) is 12.4 Å². The average Bonchev–Trinajstić information content (AvgIpc) is 2.99. The van der Waals surface area contributed by atoms with E-state index in [-0.39, 0.29) is 18.1 Å². The number of nitrogens with one attached hydrogen (secondary N) is 2. The number of carbonyl (C=O) groups is 1. The molecule has 0 unspecified atom stereocenters. The molecule has 0 aromatic carbocycles. The molecule has 0 fully saturated rings. The summed E-state index contributed by atoms with van der Waals surface area (Å²) in [6.07, 6.45) is -2.99. The molecule has 8 nitrogen and oxygen atoms in total. The summed E-state index contributed by atoms with van der Waals surface area (Å²) in [5, 5.41) is 12.3. The van der Waals surface area contributed by atoms with Gasteiger partial charge in [-0.05, 0) is 6.07 Å². The van der Waals surface area contributed by atoms with Crippen molar-refractivity contribution in [1.29, 1.82) is 0 Å². The molecule has 0 aliphatic heterocycles. The Morgan fingerprint density at radius 1 is 1.35 bits per heavy atom. The Morgan fingerprint density at radius 3 is 2.61 bits per heavy atom. The van der Waals surface area contributed by atoms with Crippen molar-refractivity contribution in [3.05, 3.63) is 23.7 Å². The van der Waals surface area contributed by atoms with Crippen LogP contribution in [0.3, 0.4) is 0 Å². The van der Waals surface area contributed by atoms with Crippen LogP contribution in [0.5, 0.6) is 5.88 Å². The number of halogens is 3. The maximum Gasteiger partial charge on any atom is 0.435 e. The average molecular weight is 332 g/mol. The lowest BCUT2D eigenvalue weighted by Gasteiger charge is -2.07. The van der Waals surface area contributed by atoms with Crippen molar-refractivity contribution in [1.82, 2.24) is 24.9 Å². The van der Waals surface area contributed by atoms with Crippen LogP contribution in [0.15, 0.2) is 12.3 Å². The minimum absolute atomic E-state index is 0.117. The molecule has 0 spiro atoms. The van der Waals surface area contributed by atoms with Crippen molar-refractivity contribution >= 4 is 11.7 Å². The molecule has 2 heterocycles. The first-order valence-electron chi connectivity index (χ1n) is 6.43. The molecule has 2 aromatic rings. The van der Waals surface area contributed by atoms with E-state index >= 15 is 0 Å². The minimum atomic E-state index is -4.53. The molecule has 0 radical (unpaired) electrons. The predicted molar refractivity (Wildman–Crippen MR) is 73.8 cm³/mol. The van der Waals surface area contributed by atoms with Gasteiger partial charge >= 0.3 is 12.2 Å². The second-order valence-electron chi connectivity index (χ2n) is 4.68. The van der Waals surface area contributed by atoms with Gasteiger partial charge in [0, 0.05) is 14.1 Å². The molecule has 11 heteroatoms. The van der Waals surface area contributed by atoms with Gasteiger partial charge in [-0.2, -0.15) is 18.3 Å². The Morgan fingerprint density at radius 2 is 2.04 bits per heavy atom. The third kappa shape index (κ3) is 3.93. The van der Waals surface area contributed by atoms with Gasteiger partial charge in [0.1, 0.15) is 5.69 Å². The lowest BCUT2D eigenvalue weighted by atomic mass is 10.3. The molecule has 2 rings (SSSR count). The number of aryl methyl sites for hydroxylation is 2. The fourth-order valence-corrected chi connectivity index (χ4v) is 1.85. The zero-order valence-corrected chi connectivity index (χ0v) is 12.6. The van der Waals surface area contributed by atoms with Gasteiger partial charge in [0.05, 0.1) is 25.5 Å². The minimum Gasteiger partial charge on any atom is -0.478 e. The van der Waals surface area contributed by atoms with Crippen LogP contribution >= 0.6 is 0 Å². The first kappa shape index (κ1) is 16.6. The topological polar surface area (TPSA) is 86.0 Å². The molecular formula is C12H15F3N6O2. The molecule has 2 amide bonds. The molecule has 0 saturated heterocycles. The number of methoxy groups -OCH3 is 1. The van der Waals surface area contributed by atoms with Crippen LogP contribution in [0.4, 0.5) is 23.7 Å². The van der Waals surface area contributed by atoms with Gasteiger partial charge < -0.3 is 15.4 Å². The highest BCUT2D eigenvalue weighted by Gasteiger charge is 2.34. The van der Waals surface area contributed by atoms with Crippen LogP contribution in [0.25, 0.3) is 0 Å². The van der Waals surface area contributed by atoms with Gasteiger partial charge in [-0.25, -0.2) is 4.79 Å². The Balaban J connectivity index is 1.98. The second-order valence-corrected chi connectivity index (χ2v) is 4.68. The van der Waals surface area contributed by atoms with Crippen LogP contribution in [-0.4, -0.2) is 32.7 Å². The molecule has 2 N–H and O–H groups in total. The van der Waals surface area contributed by atoms with E-state index in [0.717, 1.165) is 10.7 Å². The van der Waals surface area contributed by atoms with Crippen molar-refractivity contribution in [2.24, 2.45) is 14.1 Å². The maximum absolute atomic E-state index is 12.6. The number of nitrogens with zero attached hydrogens (tertiary/aromatic N) is 4. The van der Waals surface area contributed by atoms with E-state index in [1.807, 2.05) is 0 Å². The number of amides is 2. The van der Waals surface area contributed by atoms with Crippen LogP contribution in [0, 0.1) is 0 Å². The smallest absolute Gasteiger partial charge is 0.435 e. The van der Waals surface area contributed by atoms with E-state index in [1.165, 1.54) is 25.0 Å². The van der Waals surface area contributed by atoms with Gasteiger partial charge in [0.2, 0.25) is 0 Å². The Bertz CT molecular complexity index is 706. The fourth-order valence-electron chi connectivity index (χ4n) is 1.85. The number of anilines is 1. The summed E-state index contributed by atoms with van der Waals surface area (Å²) < 4.78 is 45.2. The largest absolute Gasteiger partial charge is 0.478 e. The number of ether oxygens (including phenoxy) is 1. The standard InChI is InChI=1S/C12H15F3N6O2/c1-20-6-8(10(19-20)23-3)17-11(22)16-5-7-4-9(12(13,14)15)18-21(7)2/h4,6H,5H2,1-3H3,(H2,16,17,22). The third-order valence-corrected chi connectivity index (χ3v) is 2.93. The number of urea groups is 1. The van der Waals surface area contributed by atoms with Gasteiger partial charge in [0.15, 0.2) is 5.69 Å². The van der Waals surface area contributed by atoms with Gasteiger partial charge in [-0.15, -0.1) is 5.10 Å². The van der Waals surface area contributed by atoms with Crippen LogP contribution in [0.1, 0.15) is 11.4 Å². The third-order valence-electron chi connectivity index (χ3n) is 2.93. The molecule has 23 heavy (non-hydrogen) atoms. The number of rotatable bonds is 4. The zero-order chi connectivity index (χ0) is 17.2. The molecule has 0 aliphatic rings. The van der Waals surface area contributed by atoms with E-state index in [2.05, 4.69) is 20.8 Å². The fraction of sp³-hybridized carbons (Fsp3) is 0.417. The van der Waals surface area contributed by atoms with Gasteiger partial charge in [-0.1, -0.05) is 0 Å². The van der Waals surface area contributed by atoms with Crippen molar-refractivity contribution in [2.45, 2.75) is 12.7 Å². The quantitative estimate of drug-likeness (QED) is 0.888. The predicted octanol–water partition coefficient (Wildman–Crippen LogP) is 1.50. The van der Waals surface area contributed by atoms with E-state index in [4.69, 9.17) is 4.74 Å². The Labute approximate surface area is 129 Å². The normalized spacial score (nSPS) is 11.4. The summed E-state index contributed by atoms with van der Waals surface area (Å²) in [4.78, 5) is 11.8. The van der Waals surface area contributed by atoms with E-state index in [9.17, 15) is 18.0 Å². The summed E-state index contributed by atoms with van der Waals surface area (Å²) in [7, 11) is 4.42. The molecule has 2 aromatic heterocycles. The molecule has 0 saturated carbocycles. The zero-order valence-electron chi connectivity index (χ0n) is 12.6. The van der Waals surface area contributed by atoms with E-state index in [1.54, 1.807) is 7.05 Å². The summed E-state index contributed by atoms with van der Waals surface area (Å²) in [5.41, 5.74) is -0.453. The second kappa shape index (κ2) is 6.18. The highest BCUT2D eigenvalue weighted by atomic mass is 19.4. The SMILES string of the molecule is COc1nn(C)cc1NC(=O)NCc1cc(C(F)(F)F)nn1C. The number of hydrogen-bond acceptors (Lipinski definition) is 4. The van der Waals surface area contributed by atoms with Crippen LogP contribution < -0.4 is 15.4 Å². The first-order valence-corrected chi connectivity index (χ1v) is 6.43. The maximum atomic E-state index is 12.6. The highest BCUT2D eigenvalue weighted by Crippen LogP contribution is 2.28. The molecule has 0 bridgehead atoms. The lowest BCUT2D eigenvalue weighted by Crippen LogP contribution is -2.29. The van der Waals surface area contributed by atoms with Crippen LogP contribution in [0.2, 0.25) is 0 Å². The van der Waals surface area contributed by atoms with Gasteiger partial charge in [-0.3, -0.25) is 9.36 Å². The molecular weight excluding hydrogens is 317 g/mol. The Kier molecular flexibility index (Phi) is 4.48. The van der Waals surface area contributed by atoms with E-state index in [0.29, 0.717) is 5.69 Å². The van der Waals surface area contributed by atoms with Crippen molar-refractivity contribution in [3.8, 4) is 5.88 Å². The first-order chi connectivity index (χ1) is 10.7. The van der Waals surface area contributed by atoms with E-state index < -0.39 is 17.9 Å². The highest BCUT2D eigenvalue weighted by molar-refractivity contribution is 5.90. The molecule has 126 valence electrons. The summed E-state index contributed by atoms with van der Waals surface area (Å²) >= 11 is 0. The monoisotopic (exact) mass is 332 g/mol. The van der Waals surface area contributed by atoms with Crippen molar-refractivity contribution in [3.63, 3.8) is 0 Å². The number of aromatic nitrogens is 4.